The van der Waals surface area contributed by atoms with Crippen molar-refractivity contribution in [1.82, 2.24) is 15.5 Å². The third-order valence-electron chi connectivity index (χ3n) is 9.83. The number of ether oxygens (including phenoxy) is 1. The Morgan fingerprint density at radius 1 is 1.02 bits per heavy atom. The van der Waals surface area contributed by atoms with Gasteiger partial charge >= 0.3 is 0 Å². The molecule has 2 N–H and O–H groups in total. The third kappa shape index (κ3) is 5.82. The van der Waals surface area contributed by atoms with Crippen LogP contribution in [-0.4, -0.2) is 68.0 Å². The van der Waals surface area contributed by atoms with Gasteiger partial charge in [0.1, 0.15) is 11.6 Å². The molecule has 1 saturated carbocycles. The molecule has 4 aliphatic rings. The van der Waals surface area contributed by atoms with Gasteiger partial charge in [-0.15, -0.1) is 0 Å². The Labute approximate surface area is 240 Å². The van der Waals surface area contributed by atoms with Gasteiger partial charge < -0.3 is 19.9 Å². The van der Waals surface area contributed by atoms with E-state index in [9.17, 15) is 14.4 Å². The Morgan fingerprint density at radius 2 is 1.78 bits per heavy atom. The second-order valence-corrected chi connectivity index (χ2v) is 12.3. The molecular formula is C32H39FN4O4. The van der Waals surface area contributed by atoms with E-state index in [1.165, 1.54) is 18.9 Å². The second-order valence-electron chi connectivity index (χ2n) is 12.3. The molecule has 8 nitrogen and oxygen atoms in total. The van der Waals surface area contributed by atoms with Crippen LogP contribution in [0.2, 0.25) is 0 Å². The first kappa shape index (κ1) is 27.7. The predicted octanol–water partition coefficient (Wildman–Crippen LogP) is 4.00. The van der Waals surface area contributed by atoms with Crippen LogP contribution < -0.4 is 20.3 Å². The van der Waals surface area contributed by atoms with Gasteiger partial charge in [-0.05, 0) is 86.3 Å². The van der Waals surface area contributed by atoms with Crippen molar-refractivity contribution in [2.45, 2.75) is 69.4 Å². The number of anilines is 1. The molecule has 9 heteroatoms. The van der Waals surface area contributed by atoms with E-state index >= 15 is 4.39 Å². The topological polar surface area (TPSA) is 91.0 Å². The maximum atomic E-state index is 15.1. The van der Waals surface area contributed by atoms with Crippen molar-refractivity contribution in [3.05, 3.63) is 59.4 Å². The number of likely N-dealkylation sites (tertiary alicyclic amines) is 1. The van der Waals surface area contributed by atoms with Crippen LogP contribution in [0, 0.1) is 11.2 Å². The quantitative estimate of drug-likeness (QED) is 0.518. The minimum Gasteiger partial charge on any atom is -0.497 e. The number of halogens is 1. The highest BCUT2D eigenvalue weighted by atomic mass is 19.1. The molecule has 218 valence electrons. The van der Waals surface area contributed by atoms with Crippen molar-refractivity contribution in [2.75, 3.05) is 38.2 Å². The van der Waals surface area contributed by atoms with E-state index in [-0.39, 0.29) is 36.0 Å². The predicted molar refractivity (Wildman–Crippen MR) is 153 cm³/mol. The van der Waals surface area contributed by atoms with E-state index in [0.717, 1.165) is 51.9 Å². The lowest BCUT2D eigenvalue weighted by Gasteiger charge is -2.56. The molecule has 0 aromatic heterocycles. The zero-order valence-electron chi connectivity index (χ0n) is 23.7. The first-order valence-electron chi connectivity index (χ1n) is 14.9. The number of nitrogens with zero attached hydrogens (tertiary/aromatic N) is 2. The van der Waals surface area contributed by atoms with Crippen molar-refractivity contribution in [1.29, 1.82) is 0 Å². The van der Waals surface area contributed by atoms with Crippen LogP contribution in [0.5, 0.6) is 5.75 Å². The normalized spacial score (nSPS) is 23.7. The average molecular weight is 563 g/mol. The van der Waals surface area contributed by atoms with Gasteiger partial charge in [0.2, 0.25) is 11.8 Å². The minimum atomic E-state index is -0.470. The van der Waals surface area contributed by atoms with E-state index in [1.54, 1.807) is 19.2 Å². The van der Waals surface area contributed by atoms with E-state index in [2.05, 4.69) is 20.4 Å². The largest absolute Gasteiger partial charge is 0.497 e. The molecule has 1 aliphatic carbocycles. The summed E-state index contributed by atoms with van der Waals surface area (Å²) in [5, 5.41) is 5.56. The summed E-state index contributed by atoms with van der Waals surface area (Å²) in [5.74, 6) is -0.723. The standard InChI is InChI=1S/C32H39FN4O4/c1-41-25-4-2-3-22(17-25)30(39)34-23-9-13-36(14-10-23)24-19-32(20-24)11-15-37(16-12-32)28-7-5-21(18-27(28)33)26-6-8-29(38)35-31(26)40/h2-5,7,17-18,23-24,26H,6,8-16,19-20H2,1H3,(H,34,39)(H,35,38,40). The highest BCUT2D eigenvalue weighted by Gasteiger charge is 2.48. The highest BCUT2D eigenvalue weighted by Crippen LogP contribution is 2.51. The molecule has 6 rings (SSSR count). The van der Waals surface area contributed by atoms with E-state index in [4.69, 9.17) is 4.74 Å². The van der Waals surface area contributed by atoms with Crippen molar-refractivity contribution in [3.63, 3.8) is 0 Å². The number of imide groups is 1. The number of amides is 3. The first-order valence-corrected chi connectivity index (χ1v) is 14.9. The van der Waals surface area contributed by atoms with Crippen LogP contribution in [0.3, 0.4) is 0 Å². The smallest absolute Gasteiger partial charge is 0.251 e. The molecule has 4 fully saturated rings. The molecule has 1 atom stereocenters. The number of rotatable bonds is 6. The molecule has 2 aromatic carbocycles. The van der Waals surface area contributed by atoms with E-state index < -0.39 is 5.92 Å². The van der Waals surface area contributed by atoms with Crippen molar-refractivity contribution < 1.29 is 23.5 Å². The summed E-state index contributed by atoms with van der Waals surface area (Å²) in [7, 11) is 1.60. The van der Waals surface area contributed by atoms with Crippen molar-refractivity contribution >= 4 is 23.4 Å². The van der Waals surface area contributed by atoms with Gasteiger partial charge in [-0.3, -0.25) is 19.7 Å². The summed E-state index contributed by atoms with van der Waals surface area (Å²) in [5.41, 5.74) is 2.21. The summed E-state index contributed by atoms with van der Waals surface area (Å²) < 4.78 is 20.4. The van der Waals surface area contributed by atoms with Crippen LogP contribution in [0.1, 0.15) is 73.2 Å². The zero-order chi connectivity index (χ0) is 28.6. The number of methoxy groups -OCH3 is 1. The molecular weight excluding hydrogens is 523 g/mol. The number of benzene rings is 2. The monoisotopic (exact) mass is 562 g/mol. The molecule has 3 aliphatic heterocycles. The number of hydrogen-bond acceptors (Lipinski definition) is 6. The summed E-state index contributed by atoms with van der Waals surface area (Å²) in [6, 6.07) is 13.2. The molecule has 3 amide bonds. The fourth-order valence-electron chi connectivity index (χ4n) is 7.28. The van der Waals surface area contributed by atoms with Crippen LogP contribution in [0.25, 0.3) is 0 Å². The van der Waals surface area contributed by atoms with Gasteiger partial charge in [-0.2, -0.15) is 0 Å². The zero-order valence-corrected chi connectivity index (χ0v) is 23.7. The summed E-state index contributed by atoms with van der Waals surface area (Å²) in [6.07, 6.45) is 7.13. The van der Waals surface area contributed by atoms with E-state index in [1.807, 2.05) is 24.3 Å². The van der Waals surface area contributed by atoms with Crippen LogP contribution >= 0.6 is 0 Å². The van der Waals surface area contributed by atoms with Gasteiger partial charge in [0, 0.05) is 50.2 Å². The third-order valence-corrected chi connectivity index (χ3v) is 9.83. The average Bonchev–Trinajstić information content (AvgIpc) is 2.96. The fourth-order valence-corrected chi connectivity index (χ4v) is 7.28. The maximum Gasteiger partial charge on any atom is 0.251 e. The Morgan fingerprint density at radius 3 is 2.46 bits per heavy atom. The van der Waals surface area contributed by atoms with Crippen LogP contribution in [0.15, 0.2) is 42.5 Å². The first-order chi connectivity index (χ1) is 19.8. The van der Waals surface area contributed by atoms with Gasteiger partial charge in [0.05, 0.1) is 18.7 Å². The lowest BCUT2D eigenvalue weighted by molar-refractivity contribution is -0.134. The Bertz CT molecular complexity index is 1310. The Hall–Kier alpha value is -3.46. The summed E-state index contributed by atoms with van der Waals surface area (Å²) in [6.45, 7) is 3.67. The minimum absolute atomic E-state index is 0.0428. The maximum absolute atomic E-state index is 15.1. The van der Waals surface area contributed by atoms with Crippen LogP contribution in [0.4, 0.5) is 10.1 Å². The second kappa shape index (κ2) is 11.4. The number of carbonyl (C=O) groups excluding carboxylic acids is 3. The van der Waals surface area contributed by atoms with Gasteiger partial charge in [-0.1, -0.05) is 12.1 Å². The molecule has 3 heterocycles. The van der Waals surface area contributed by atoms with Crippen molar-refractivity contribution in [3.8, 4) is 5.75 Å². The molecule has 1 spiro atoms. The molecule has 0 radical (unpaired) electrons. The molecule has 3 saturated heterocycles. The highest BCUT2D eigenvalue weighted by molar-refractivity contribution is 6.01. The molecule has 2 aromatic rings. The molecule has 1 unspecified atom stereocenters. The Balaban J connectivity index is 0.955. The number of hydrogen-bond donors (Lipinski definition) is 2. The van der Waals surface area contributed by atoms with Crippen LogP contribution in [-0.2, 0) is 9.59 Å². The summed E-state index contributed by atoms with van der Waals surface area (Å²) in [4.78, 5) is 41.1. The lowest BCUT2D eigenvalue weighted by Crippen LogP contribution is -2.57. The lowest BCUT2D eigenvalue weighted by atomic mass is 9.59. The fraction of sp³-hybridized carbons (Fsp3) is 0.531. The number of piperidine rings is 3. The van der Waals surface area contributed by atoms with Gasteiger partial charge in [0.15, 0.2) is 0 Å². The SMILES string of the molecule is COc1cccc(C(=O)NC2CCN(C3CC4(CCN(c5ccc(C6CCC(=O)NC6=O)cc5F)CC4)C3)CC2)c1. The molecule has 0 bridgehead atoms. The van der Waals surface area contributed by atoms with E-state index in [0.29, 0.717) is 40.4 Å². The molecule has 41 heavy (non-hydrogen) atoms. The van der Waals surface area contributed by atoms with Gasteiger partial charge in [0.25, 0.3) is 5.91 Å². The van der Waals surface area contributed by atoms with Crippen molar-refractivity contribution in [2.24, 2.45) is 5.41 Å². The van der Waals surface area contributed by atoms with Gasteiger partial charge in [-0.25, -0.2) is 4.39 Å². The number of carbonyl (C=O) groups is 3. The summed E-state index contributed by atoms with van der Waals surface area (Å²) >= 11 is 0. The number of nitrogens with one attached hydrogen (secondary N) is 2. The Kier molecular flexibility index (Phi) is 7.72.